The Bertz CT molecular complexity index is 117. The topological polar surface area (TPSA) is 32.3 Å². The first kappa shape index (κ1) is 12.9. The zero-order valence-electron chi connectivity index (χ0n) is 9.51. The van der Waals surface area contributed by atoms with Gasteiger partial charge in [-0.25, -0.2) is 0 Å². The van der Waals surface area contributed by atoms with Crippen molar-refractivity contribution in [2.45, 2.75) is 59.0 Å². The van der Waals surface area contributed by atoms with Gasteiger partial charge in [0.2, 0.25) is 0 Å². The lowest BCUT2D eigenvalue weighted by molar-refractivity contribution is 0.268. The van der Waals surface area contributed by atoms with E-state index in [2.05, 4.69) is 33.0 Å². The van der Waals surface area contributed by atoms with E-state index in [0.29, 0.717) is 18.7 Å². The molecule has 2 N–H and O–H groups in total. The van der Waals surface area contributed by atoms with Crippen molar-refractivity contribution in [1.29, 1.82) is 0 Å². The number of hydrogen-bond acceptors (Lipinski definition) is 2. The fraction of sp³-hybridized carbons (Fsp3) is 1.00. The van der Waals surface area contributed by atoms with Gasteiger partial charge >= 0.3 is 0 Å². The molecule has 2 heteroatoms. The Labute approximate surface area is 82.7 Å². The summed E-state index contributed by atoms with van der Waals surface area (Å²) in [4.78, 5) is 0. The van der Waals surface area contributed by atoms with Crippen LogP contribution in [0.25, 0.3) is 0 Å². The van der Waals surface area contributed by atoms with E-state index >= 15 is 0 Å². The third-order valence-corrected chi connectivity index (χ3v) is 2.84. The van der Waals surface area contributed by atoms with Crippen LogP contribution in [0.3, 0.4) is 0 Å². The molecule has 3 atom stereocenters. The van der Waals surface area contributed by atoms with Crippen molar-refractivity contribution in [2.75, 3.05) is 6.61 Å². The second-order valence-corrected chi connectivity index (χ2v) is 4.11. The van der Waals surface area contributed by atoms with Crippen LogP contribution in [0.4, 0.5) is 0 Å². The summed E-state index contributed by atoms with van der Waals surface area (Å²) in [5.41, 5.74) is 0. The standard InChI is InChI=1S/C11H25NO/c1-5-9(2)11(4)12-10(3)7-6-8-13/h9-13H,5-8H2,1-4H3/t9-,10+,11-/m1/s1. The predicted molar refractivity (Wildman–Crippen MR) is 57.8 cm³/mol. The number of rotatable bonds is 7. The van der Waals surface area contributed by atoms with E-state index in [1.807, 2.05) is 0 Å². The van der Waals surface area contributed by atoms with E-state index in [-0.39, 0.29) is 0 Å². The van der Waals surface area contributed by atoms with Gasteiger partial charge in [-0.3, -0.25) is 0 Å². The molecule has 0 saturated heterocycles. The lowest BCUT2D eigenvalue weighted by Crippen LogP contribution is -2.38. The van der Waals surface area contributed by atoms with Crippen LogP contribution < -0.4 is 5.32 Å². The number of aliphatic hydroxyl groups is 1. The second kappa shape index (κ2) is 7.34. The van der Waals surface area contributed by atoms with Crippen LogP contribution in [0, 0.1) is 5.92 Å². The van der Waals surface area contributed by atoms with Crippen molar-refractivity contribution in [3.63, 3.8) is 0 Å². The Morgan fingerprint density at radius 3 is 2.31 bits per heavy atom. The van der Waals surface area contributed by atoms with Crippen LogP contribution in [0.2, 0.25) is 0 Å². The van der Waals surface area contributed by atoms with E-state index in [1.165, 1.54) is 6.42 Å². The molecule has 0 spiro atoms. The monoisotopic (exact) mass is 187 g/mol. The van der Waals surface area contributed by atoms with Gasteiger partial charge < -0.3 is 10.4 Å². The Balaban J connectivity index is 3.57. The highest BCUT2D eigenvalue weighted by molar-refractivity contribution is 4.71. The summed E-state index contributed by atoms with van der Waals surface area (Å²) in [6.45, 7) is 9.24. The first-order chi connectivity index (χ1) is 6.11. The van der Waals surface area contributed by atoms with Gasteiger partial charge in [-0.1, -0.05) is 20.3 Å². The van der Waals surface area contributed by atoms with Crippen molar-refractivity contribution in [3.8, 4) is 0 Å². The molecule has 0 aromatic heterocycles. The molecular formula is C11H25NO. The number of hydrogen-bond donors (Lipinski definition) is 2. The molecule has 0 unspecified atom stereocenters. The van der Waals surface area contributed by atoms with Gasteiger partial charge in [0, 0.05) is 18.7 Å². The van der Waals surface area contributed by atoms with Crippen LogP contribution in [-0.4, -0.2) is 23.8 Å². The largest absolute Gasteiger partial charge is 0.396 e. The van der Waals surface area contributed by atoms with Gasteiger partial charge in [0.1, 0.15) is 0 Å². The Morgan fingerprint density at radius 2 is 1.85 bits per heavy atom. The molecule has 0 aliphatic carbocycles. The first-order valence-electron chi connectivity index (χ1n) is 5.48. The van der Waals surface area contributed by atoms with Crippen molar-refractivity contribution in [1.82, 2.24) is 5.32 Å². The van der Waals surface area contributed by atoms with Crippen LogP contribution in [-0.2, 0) is 0 Å². The minimum absolute atomic E-state index is 0.309. The van der Waals surface area contributed by atoms with E-state index in [4.69, 9.17) is 5.11 Å². The summed E-state index contributed by atoms with van der Waals surface area (Å²) in [7, 11) is 0. The maximum absolute atomic E-state index is 8.68. The molecule has 0 radical (unpaired) electrons. The lowest BCUT2D eigenvalue weighted by Gasteiger charge is -2.24. The maximum atomic E-state index is 8.68. The molecule has 0 aliphatic rings. The average molecular weight is 187 g/mol. The molecule has 0 heterocycles. The summed E-state index contributed by atoms with van der Waals surface area (Å²) in [5.74, 6) is 0.733. The molecule has 0 aliphatic heterocycles. The summed E-state index contributed by atoms with van der Waals surface area (Å²) < 4.78 is 0. The van der Waals surface area contributed by atoms with Crippen LogP contribution >= 0.6 is 0 Å². The van der Waals surface area contributed by atoms with Gasteiger partial charge in [0.05, 0.1) is 0 Å². The van der Waals surface area contributed by atoms with Gasteiger partial charge in [-0.15, -0.1) is 0 Å². The SMILES string of the molecule is CC[C@@H](C)[C@@H](C)N[C@@H](C)CCCO. The smallest absolute Gasteiger partial charge is 0.0431 e. The molecule has 0 aromatic rings. The highest BCUT2D eigenvalue weighted by Crippen LogP contribution is 2.08. The number of aliphatic hydroxyl groups excluding tert-OH is 1. The molecule has 0 aromatic carbocycles. The number of nitrogens with one attached hydrogen (secondary N) is 1. The zero-order chi connectivity index (χ0) is 10.3. The summed E-state index contributed by atoms with van der Waals surface area (Å²) in [6, 6.07) is 1.11. The molecule has 13 heavy (non-hydrogen) atoms. The van der Waals surface area contributed by atoms with Gasteiger partial charge in [-0.2, -0.15) is 0 Å². The molecule has 0 amide bonds. The van der Waals surface area contributed by atoms with Crippen LogP contribution in [0.15, 0.2) is 0 Å². The Hall–Kier alpha value is -0.0800. The lowest BCUT2D eigenvalue weighted by atomic mass is 9.99. The minimum Gasteiger partial charge on any atom is -0.396 e. The molecule has 0 bridgehead atoms. The van der Waals surface area contributed by atoms with Crippen molar-refractivity contribution < 1.29 is 5.11 Å². The quantitative estimate of drug-likeness (QED) is 0.640. The third-order valence-electron chi connectivity index (χ3n) is 2.84. The molecule has 0 saturated carbocycles. The second-order valence-electron chi connectivity index (χ2n) is 4.11. The predicted octanol–water partition coefficient (Wildman–Crippen LogP) is 2.17. The highest BCUT2D eigenvalue weighted by Gasteiger charge is 2.12. The minimum atomic E-state index is 0.309. The van der Waals surface area contributed by atoms with Gasteiger partial charge in [0.15, 0.2) is 0 Å². The first-order valence-corrected chi connectivity index (χ1v) is 5.48. The normalized spacial score (nSPS) is 18.2. The molecular weight excluding hydrogens is 162 g/mol. The third kappa shape index (κ3) is 6.05. The van der Waals surface area contributed by atoms with Crippen LogP contribution in [0.5, 0.6) is 0 Å². The summed E-state index contributed by atoms with van der Waals surface area (Å²) in [6.07, 6.45) is 3.19. The summed E-state index contributed by atoms with van der Waals surface area (Å²) >= 11 is 0. The van der Waals surface area contributed by atoms with Gasteiger partial charge in [-0.05, 0) is 32.6 Å². The van der Waals surface area contributed by atoms with E-state index < -0.39 is 0 Å². The zero-order valence-corrected chi connectivity index (χ0v) is 9.51. The Morgan fingerprint density at radius 1 is 1.23 bits per heavy atom. The van der Waals surface area contributed by atoms with Crippen molar-refractivity contribution in [2.24, 2.45) is 5.92 Å². The van der Waals surface area contributed by atoms with Gasteiger partial charge in [0.25, 0.3) is 0 Å². The maximum Gasteiger partial charge on any atom is 0.0431 e. The van der Waals surface area contributed by atoms with Crippen molar-refractivity contribution >= 4 is 0 Å². The van der Waals surface area contributed by atoms with Crippen LogP contribution in [0.1, 0.15) is 47.0 Å². The fourth-order valence-corrected chi connectivity index (χ4v) is 1.45. The van der Waals surface area contributed by atoms with E-state index in [9.17, 15) is 0 Å². The molecule has 0 fully saturated rings. The summed E-state index contributed by atoms with van der Waals surface area (Å²) in [5, 5.41) is 12.2. The Kier molecular flexibility index (Phi) is 7.29. The molecule has 80 valence electrons. The average Bonchev–Trinajstić information content (AvgIpc) is 2.13. The molecule has 0 rings (SSSR count). The van der Waals surface area contributed by atoms with E-state index in [1.54, 1.807) is 0 Å². The van der Waals surface area contributed by atoms with Crippen molar-refractivity contribution in [3.05, 3.63) is 0 Å². The highest BCUT2D eigenvalue weighted by atomic mass is 16.2. The van der Waals surface area contributed by atoms with E-state index in [0.717, 1.165) is 18.8 Å². The molecule has 2 nitrogen and oxygen atoms in total. The fourth-order valence-electron chi connectivity index (χ4n) is 1.45.